The number of likely N-dealkylation sites (tertiary alicyclic amines) is 1. The molecule has 1 fully saturated rings. The highest BCUT2D eigenvalue weighted by molar-refractivity contribution is 6.27. The van der Waals surface area contributed by atoms with E-state index in [1.165, 1.54) is 12.1 Å². The lowest BCUT2D eigenvalue weighted by Gasteiger charge is -2.31. The minimum atomic E-state index is -1.82. The predicted molar refractivity (Wildman–Crippen MR) is 127 cm³/mol. The number of nitrogens with zero attached hydrogens (tertiary/aromatic N) is 5. The molecule has 0 amide bonds. The molecule has 11 nitrogen and oxygen atoms in total. The third-order valence-electron chi connectivity index (χ3n) is 6.51. The van der Waals surface area contributed by atoms with Crippen molar-refractivity contribution in [3.05, 3.63) is 63.7 Å². The van der Waals surface area contributed by atoms with Crippen LogP contribution in [0.2, 0.25) is 0 Å². The Morgan fingerprint density at radius 2 is 1.81 bits per heavy atom. The van der Waals surface area contributed by atoms with Gasteiger partial charge in [-0.25, -0.2) is 18.5 Å². The SMILES string of the molecule is Cc1nn2ccn(CCN3CCC(c4noc5cc(F)ccc45)CC3)c(=O)c2c1C.O=C(O)C(=O)O. The normalized spacial score (nSPS) is 14.6. The van der Waals surface area contributed by atoms with Crippen molar-refractivity contribution >= 4 is 28.4 Å². The Morgan fingerprint density at radius 1 is 1.11 bits per heavy atom. The summed E-state index contributed by atoms with van der Waals surface area (Å²) in [5.41, 5.74) is 3.92. The molecule has 12 heteroatoms. The highest BCUT2D eigenvalue weighted by Crippen LogP contribution is 2.32. The monoisotopic (exact) mass is 499 g/mol. The van der Waals surface area contributed by atoms with E-state index in [9.17, 15) is 9.18 Å². The quantitative estimate of drug-likeness (QED) is 0.405. The second-order valence-corrected chi connectivity index (χ2v) is 8.73. The van der Waals surface area contributed by atoms with Crippen molar-refractivity contribution in [1.82, 2.24) is 24.2 Å². The van der Waals surface area contributed by atoms with Crippen LogP contribution in [0.1, 0.15) is 35.7 Å². The molecule has 2 N–H and O–H groups in total. The molecule has 1 aliphatic rings. The van der Waals surface area contributed by atoms with Gasteiger partial charge in [-0.05, 0) is 51.9 Å². The first kappa shape index (κ1) is 25.0. The first-order valence-corrected chi connectivity index (χ1v) is 11.4. The molecule has 190 valence electrons. The molecule has 1 aromatic carbocycles. The summed E-state index contributed by atoms with van der Waals surface area (Å²) in [6.07, 6.45) is 5.60. The van der Waals surface area contributed by atoms with Gasteiger partial charge in [0, 0.05) is 48.4 Å². The smallest absolute Gasteiger partial charge is 0.414 e. The van der Waals surface area contributed by atoms with Crippen molar-refractivity contribution in [3.63, 3.8) is 0 Å². The Bertz CT molecular complexity index is 1470. The van der Waals surface area contributed by atoms with Crippen LogP contribution in [0.15, 0.2) is 39.9 Å². The second kappa shape index (κ2) is 10.3. The number of carboxylic acid groups (broad SMARTS) is 2. The molecule has 0 saturated carbocycles. The number of piperidine rings is 1. The van der Waals surface area contributed by atoms with Crippen molar-refractivity contribution in [2.24, 2.45) is 0 Å². The zero-order chi connectivity index (χ0) is 26.0. The van der Waals surface area contributed by atoms with E-state index in [2.05, 4.69) is 15.2 Å². The van der Waals surface area contributed by atoms with Gasteiger partial charge >= 0.3 is 11.9 Å². The fraction of sp³-hybridized carbons (Fsp3) is 0.375. The van der Waals surface area contributed by atoms with Crippen LogP contribution in [0, 0.1) is 19.7 Å². The lowest BCUT2D eigenvalue weighted by molar-refractivity contribution is -0.159. The summed E-state index contributed by atoms with van der Waals surface area (Å²) in [6, 6.07) is 4.60. The van der Waals surface area contributed by atoms with Crippen LogP contribution in [0.4, 0.5) is 4.39 Å². The zero-order valence-electron chi connectivity index (χ0n) is 19.8. The molecule has 0 bridgehead atoms. The number of carboxylic acids is 2. The molecular weight excluding hydrogens is 473 g/mol. The Hall–Kier alpha value is -4.06. The predicted octanol–water partition coefficient (Wildman–Crippen LogP) is 2.43. The van der Waals surface area contributed by atoms with Crippen molar-refractivity contribution < 1.29 is 28.7 Å². The fourth-order valence-corrected chi connectivity index (χ4v) is 4.42. The standard InChI is InChI=1S/C22H24FN5O2.C2H2O4/c1-14-15(2)24-28-12-11-27(22(29)21(14)28)10-9-26-7-5-16(6-8-26)20-18-4-3-17(23)13-19(18)30-25-20;3-1(4)2(5)6/h3-4,11-13,16H,5-10H2,1-2H3;(H,3,4)(H,5,6). The molecule has 1 saturated heterocycles. The number of halogens is 1. The molecule has 1 aliphatic heterocycles. The number of benzene rings is 1. The van der Waals surface area contributed by atoms with E-state index in [1.54, 1.807) is 15.1 Å². The topological polar surface area (TPSA) is 143 Å². The fourth-order valence-electron chi connectivity index (χ4n) is 4.42. The van der Waals surface area contributed by atoms with Gasteiger partial charge in [-0.2, -0.15) is 5.10 Å². The van der Waals surface area contributed by atoms with Crippen LogP contribution in [-0.2, 0) is 16.1 Å². The van der Waals surface area contributed by atoms with Crippen LogP contribution in [0.25, 0.3) is 16.5 Å². The number of carbonyl (C=O) groups is 2. The number of aromatic nitrogens is 4. The number of rotatable bonds is 4. The van der Waals surface area contributed by atoms with E-state index in [0.29, 0.717) is 23.6 Å². The lowest BCUT2D eigenvalue weighted by atomic mass is 9.91. The summed E-state index contributed by atoms with van der Waals surface area (Å²) >= 11 is 0. The van der Waals surface area contributed by atoms with Crippen LogP contribution in [0.5, 0.6) is 0 Å². The van der Waals surface area contributed by atoms with E-state index in [-0.39, 0.29) is 11.4 Å². The second-order valence-electron chi connectivity index (χ2n) is 8.73. The lowest BCUT2D eigenvalue weighted by Crippen LogP contribution is -2.37. The third-order valence-corrected chi connectivity index (χ3v) is 6.51. The van der Waals surface area contributed by atoms with Crippen molar-refractivity contribution in [2.45, 2.75) is 39.2 Å². The summed E-state index contributed by atoms with van der Waals surface area (Å²) in [5.74, 6) is -3.65. The minimum absolute atomic E-state index is 0.00628. The van der Waals surface area contributed by atoms with Gasteiger partial charge in [0.2, 0.25) is 0 Å². The van der Waals surface area contributed by atoms with Gasteiger partial charge in [0.1, 0.15) is 11.3 Å². The number of aryl methyl sites for hydroxylation is 2. The first-order chi connectivity index (χ1) is 17.2. The molecule has 4 aromatic rings. The Kier molecular flexibility index (Phi) is 7.15. The largest absolute Gasteiger partial charge is 0.473 e. The van der Waals surface area contributed by atoms with Gasteiger partial charge < -0.3 is 24.2 Å². The maximum Gasteiger partial charge on any atom is 0.414 e. The van der Waals surface area contributed by atoms with Crippen LogP contribution < -0.4 is 5.56 Å². The molecule has 4 heterocycles. The highest BCUT2D eigenvalue weighted by Gasteiger charge is 2.25. The highest BCUT2D eigenvalue weighted by atomic mass is 19.1. The summed E-state index contributed by atoms with van der Waals surface area (Å²) < 4.78 is 22.1. The summed E-state index contributed by atoms with van der Waals surface area (Å²) in [6.45, 7) is 7.20. The molecule has 0 radical (unpaired) electrons. The van der Waals surface area contributed by atoms with Gasteiger partial charge in [0.05, 0.1) is 11.4 Å². The van der Waals surface area contributed by atoms with E-state index >= 15 is 0 Å². The van der Waals surface area contributed by atoms with Crippen molar-refractivity contribution in [2.75, 3.05) is 19.6 Å². The third kappa shape index (κ3) is 5.13. The maximum atomic E-state index is 13.4. The van der Waals surface area contributed by atoms with Crippen LogP contribution in [0.3, 0.4) is 0 Å². The summed E-state index contributed by atoms with van der Waals surface area (Å²) in [4.78, 5) is 33.4. The average Bonchev–Trinajstić information content (AvgIpc) is 3.39. The molecule has 36 heavy (non-hydrogen) atoms. The minimum Gasteiger partial charge on any atom is -0.473 e. The molecule has 0 atom stereocenters. The van der Waals surface area contributed by atoms with E-state index in [0.717, 1.165) is 54.8 Å². The molecule has 3 aromatic heterocycles. The summed E-state index contributed by atoms with van der Waals surface area (Å²) in [5, 5.41) is 24.3. The van der Waals surface area contributed by atoms with E-state index in [1.807, 2.05) is 26.2 Å². The van der Waals surface area contributed by atoms with E-state index < -0.39 is 11.9 Å². The van der Waals surface area contributed by atoms with Gasteiger partial charge in [0.25, 0.3) is 5.56 Å². The van der Waals surface area contributed by atoms with E-state index in [4.69, 9.17) is 24.3 Å². The zero-order valence-corrected chi connectivity index (χ0v) is 19.8. The summed E-state index contributed by atoms with van der Waals surface area (Å²) in [7, 11) is 0. The van der Waals surface area contributed by atoms with Gasteiger partial charge in [-0.1, -0.05) is 5.16 Å². The number of aliphatic carboxylic acids is 2. The van der Waals surface area contributed by atoms with Gasteiger partial charge in [-0.15, -0.1) is 0 Å². The maximum absolute atomic E-state index is 13.4. The molecule has 0 aliphatic carbocycles. The van der Waals surface area contributed by atoms with Crippen LogP contribution >= 0.6 is 0 Å². The first-order valence-electron chi connectivity index (χ1n) is 11.4. The van der Waals surface area contributed by atoms with Gasteiger partial charge in [0.15, 0.2) is 5.58 Å². The Morgan fingerprint density at radius 3 is 2.47 bits per heavy atom. The number of fused-ring (bicyclic) bond motifs is 2. The molecule has 0 spiro atoms. The number of hydrogen-bond donors (Lipinski definition) is 2. The Balaban J connectivity index is 0.000000455. The van der Waals surface area contributed by atoms with Gasteiger partial charge in [-0.3, -0.25) is 4.79 Å². The molecule has 0 unspecified atom stereocenters. The average molecular weight is 499 g/mol. The molecule has 5 rings (SSSR count). The Labute approximate surface area is 204 Å². The van der Waals surface area contributed by atoms with Crippen LogP contribution in [-0.4, -0.2) is 66.0 Å². The molecular formula is C24H26FN5O6. The van der Waals surface area contributed by atoms with Crippen molar-refractivity contribution in [1.29, 1.82) is 0 Å². The van der Waals surface area contributed by atoms with Crippen molar-refractivity contribution in [3.8, 4) is 0 Å². The number of hydrogen-bond acceptors (Lipinski definition) is 7.